The van der Waals surface area contributed by atoms with Gasteiger partial charge >= 0.3 is 7.12 Å². The number of rotatable bonds is 4. The highest BCUT2D eigenvalue weighted by atomic mass is 28.3. The van der Waals surface area contributed by atoms with E-state index in [9.17, 15) is 0 Å². The molecule has 4 heteroatoms. The lowest BCUT2D eigenvalue weighted by atomic mass is 9.89. The first-order chi connectivity index (χ1) is 10.6. The topological polar surface area (TPSA) is 18.5 Å². The van der Waals surface area contributed by atoms with Crippen molar-refractivity contribution < 1.29 is 9.31 Å². The van der Waals surface area contributed by atoms with Crippen LogP contribution in [0.5, 0.6) is 0 Å². The Morgan fingerprint density at radius 2 is 1.57 bits per heavy atom. The standard InChI is InChI=1S/C19H29BO2Si/c1-18(2)19(3,4)22-20(21-18)14-17(15-12-13-15)23(5,6)16-10-8-7-9-11-16/h7-11,14-15H,12-13H2,1-6H3/b17-14-. The first-order valence-electron chi connectivity index (χ1n) is 8.77. The van der Waals surface area contributed by atoms with Crippen LogP contribution < -0.4 is 5.19 Å². The molecule has 0 amide bonds. The van der Waals surface area contributed by atoms with Crippen molar-refractivity contribution in [1.82, 2.24) is 0 Å². The molecule has 1 aromatic carbocycles. The summed E-state index contributed by atoms with van der Waals surface area (Å²) in [4.78, 5) is 0. The van der Waals surface area contributed by atoms with E-state index in [4.69, 9.17) is 9.31 Å². The zero-order valence-corrected chi connectivity index (χ0v) is 16.3. The molecule has 1 aliphatic carbocycles. The Kier molecular flexibility index (Phi) is 4.15. The summed E-state index contributed by atoms with van der Waals surface area (Å²) in [7, 11) is -1.89. The van der Waals surface area contributed by atoms with Gasteiger partial charge in [-0.25, -0.2) is 0 Å². The molecule has 0 atom stereocenters. The molecule has 1 heterocycles. The minimum absolute atomic E-state index is 0.217. The molecule has 3 rings (SSSR count). The van der Waals surface area contributed by atoms with E-state index in [1.54, 1.807) is 5.20 Å². The molecule has 0 radical (unpaired) electrons. The van der Waals surface area contributed by atoms with Crippen LogP contribution >= 0.6 is 0 Å². The van der Waals surface area contributed by atoms with Crippen molar-refractivity contribution >= 4 is 20.4 Å². The summed E-state index contributed by atoms with van der Waals surface area (Å²) in [6, 6.07) is 11.0. The molecule has 0 spiro atoms. The number of hydrogen-bond donors (Lipinski definition) is 0. The second-order valence-corrected chi connectivity index (χ2v) is 12.9. The minimum Gasteiger partial charge on any atom is -0.400 e. The maximum Gasteiger partial charge on any atom is 0.486 e. The molecular formula is C19H29BO2Si. The fourth-order valence-corrected chi connectivity index (χ4v) is 6.60. The van der Waals surface area contributed by atoms with Crippen molar-refractivity contribution in [2.45, 2.75) is 64.8 Å². The number of allylic oxidation sites excluding steroid dienone is 1. The van der Waals surface area contributed by atoms with Crippen molar-refractivity contribution in [2.24, 2.45) is 5.92 Å². The first-order valence-corrected chi connectivity index (χ1v) is 11.8. The molecule has 0 unspecified atom stereocenters. The molecule has 23 heavy (non-hydrogen) atoms. The van der Waals surface area contributed by atoms with E-state index < -0.39 is 8.07 Å². The third-order valence-corrected chi connectivity index (χ3v) is 9.62. The molecule has 1 aliphatic heterocycles. The van der Waals surface area contributed by atoms with Gasteiger partial charge in [0.2, 0.25) is 0 Å². The fraction of sp³-hybridized carbons (Fsp3) is 0.579. The van der Waals surface area contributed by atoms with Gasteiger partial charge in [0.15, 0.2) is 0 Å². The van der Waals surface area contributed by atoms with Gasteiger partial charge in [-0.3, -0.25) is 0 Å². The molecule has 2 fully saturated rings. The van der Waals surface area contributed by atoms with Gasteiger partial charge in [-0.15, -0.1) is 0 Å². The van der Waals surface area contributed by atoms with Gasteiger partial charge in [0.1, 0.15) is 8.07 Å². The van der Waals surface area contributed by atoms with Crippen LogP contribution in [0.2, 0.25) is 13.1 Å². The van der Waals surface area contributed by atoms with Crippen LogP contribution in [0, 0.1) is 5.92 Å². The van der Waals surface area contributed by atoms with Crippen molar-refractivity contribution in [3.8, 4) is 0 Å². The highest BCUT2D eigenvalue weighted by Gasteiger charge is 2.51. The summed E-state index contributed by atoms with van der Waals surface area (Å²) in [6.45, 7) is 13.4. The van der Waals surface area contributed by atoms with Gasteiger partial charge in [0.25, 0.3) is 0 Å². The van der Waals surface area contributed by atoms with Gasteiger partial charge in [0, 0.05) is 0 Å². The highest BCUT2D eigenvalue weighted by molar-refractivity contribution is 6.96. The Balaban J connectivity index is 1.91. The molecule has 1 saturated heterocycles. The zero-order valence-electron chi connectivity index (χ0n) is 15.3. The predicted octanol–water partition coefficient (Wildman–Crippen LogP) is 4.11. The maximum absolute atomic E-state index is 6.23. The van der Waals surface area contributed by atoms with Crippen molar-refractivity contribution in [1.29, 1.82) is 0 Å². The van der Waals surface area contributed by atoms with E-state index in [0.29, 0.717) is 0 Å². The summed E-state index contributed by atoms with van der Waals surface area (Å²) in [5, 5.41) is 3.09. The van der Waals surface area contributed by atoms with Gasteiger partial charge in [0.05, 0.1) is 11.2 Å². The van der Waals surface area contributed by atoms with Crippen molar-refractivity contribution in [3.05, 3.63) is 41.5 Å². The molecule has 1 saturated carbocycles. The molecule has 0 bridgehead atoms. The second-order valence-electron chi connectivity index (χ2n) is 8.51. The van der Waals surface area contributed by atoms with Crippen LogP contribution in [0.1, 0.15) is 40.5 Å². The Morgan fingerprint density at radius 1 is 1.04 bits per heavy atom. The lowest BCUT2D eigenvalue weighted by molar-refractivity contribution is 0.00578. The minimum atomic E-state index is -1.67. The summed E-state index contributed by atoms with van der Waals surface area (Å²) >= 11 is 0. The van der Waals surface area contributed by atoms with Crippen molar-refractivity contribution in [2.75, 3.05) is 0 Å². The third kappa shape index (κ3) is 3.21. The van der Waals surface area contributed by atoms with Gasteiger partial charge < -0.3 is 9.31 Å². The highest BCUT2D eigenvalue weighted by Crippen LogP contribution is 2.43. The summed E-state index contributed by atoms with van der Waals surface area (Å²) in [5.41, 5.74) is -0.525. The average Bonchev–Trinajstić information content (AvgIpc) is 3.25. The maximum atomic E-state index is 6.23. The van der Waals surface area contributed by atoms with Crippen LogP contribution in [-0.4, -0.2) is 26.4 Å². The zero-order chi connectivity index (χ0) is 16.9. The van der Waals surface area contributed by atoms with E-state index in [1.807, 2.05) is 0 Å². The van der Waals surface area contributed by atoms with E-state index in [-0.39, 0.29) is 18.3 Å². The smallest absolute Gasteiger partial charge is 0.400 e. The summed E-state index contributed by atoms with van der Waals surface area (Å²) in [6.07, 6.45) is 2.63. The van der Waals surface area contributed by atoms with E-state index >= 15 is 0 Å². The van der Waals surface area contributed by atoms with Crippen LogP contribution in [0.3, 0.4) is 0 Å². The normalized spacial score (nSPS) is 24.1. The largest absolute Gasteiger partial charge is 0.486 e. The summed E-state index contributed by atoms with van der Waals surface area (Å²) in [5.74, 6) is 3.05. The first kappa shape index (κ1) is 17.0. The summed E-state index contributed by atoms with van der Waals surface area (Å²) < 4.78 is 12.5. The Labute approximate surface area is 142 Å². The van der Waals surface area contributed by atoms with Gasteiger partial charge in [-0.2, -0.15) is 0 Å². The number of hydrogen-bond acceptors (Lipinski definition) is 2. The van der Waals surface area contributed by atoms with Crippen LogP contribution in [0.4, 0.5) is 0 Å². The van der Waals surface area contributed by atoms with Crippen LogP contribution in [0.15, 0.2) is 41.5 Å². The predicted molar refractivity (Wildman–Crippen MR) is 100 cm³/mol. The molecule has 124 valence electrons. The van der Waals surface area contributed by atoms with Crippen LogP contribution in [-0.2, 0) is 9.31 Å². The van der Waals surface area contributed by atoms with E-state index in [0.717, 1.165) is 5.92 Å². The van der Waals surface area contributed by atoms with Crippen LogP contribution in [0.25, 0.3) is 0 Å². The average molecular weight is 328 g/mol. The molecule has 0 N–H and O–H groups in total. The monoisotopic (exact) mass is 328 g/mol. The van der Waals surface area contributed by atoms with Gasteiger partial charge in [-0.1, -0.05) is 59.8 Å². The quantitative estimate of drug-likeness (QED) is 0.775. The lowest BCUT2D eigenvalue weighted by Crippen LogP contribution is -2.45. The van der Waals surface area contributed by atoms with Gasteiger partial charge in [-0.05, 0) is 46.5 Å². The Morgan fingerprint density at radius 3 is 2.04 bits per heavy atom. The fourth-order valence-electron chi connectivity index (χ4n) is 3.37. The molecule has 0 aromatic heterocycles. The molecule has 2 aliphatic rings. The SMILES string of the molecule is CC1(C)OB(/C=C(/C2CC2)[Si](C)(C)c2ccccc2)OC1(C)C. The Hall–Kier alpha value is -0.838. The Bertz CT molecular complexity index is 587. The van der Waals surface area contributed by atoms with E-state index in [2.05, 4.69) is 77.1 Å². The van der Waals surface area contributed by atoms with E-state index in [1.165, 1.54) is 18.0 Å². The molecule has 1 aromatic rings. The second kappa shape index (κ2) is 5.61. The molecular weight excluding hydrogens is 299 g/mol. The third-order valence-electron chi connectivity index (χ3n) is 5.82. The lowest BCUT2D eigenvalue weighted by Gasteiger charge is -2.32. The number of benzene rings is 1. The van der Waals surface area contributed by atoms with Crippen molar-refractivity contribution in [3.63, 3.8) is 0 Å². The molecule has 2 nitrogen and oxygen atoms in total.